The Morgan fingerprint density at radius 1 is 1.21 bits per heavy atom. The zero-order chi connectivity index (χ0) is 20.4. The molecule has 29 heavy (non-hydrogen) atoms. The molecule has 2 heterocycles. The summed E-state index contributed by atoms with van der Waals surface area (Å²) in [5.41, 5.74) is 2.74. The second-order valence-electron chi connectivity index (χ2n) is 6.44. The largest absolute Gasteiger partial charge is 0.495 e. The number of hydrogen-bond acceptors (Lipinski definition) is 7. The summed E-state index contributed by atoms with van der Waals surface area (Å²) >= 11 is 1.66. The number of carbonyl (C=O) groups excluding carboxylic acids is 1. The van der Waals surface area contributed by atoms with Crippen LogP contribution in [0.4, 0.5) is 11.6 Å². The third-order valence-corrected chi connectivity index (χ3v) is 5.49. The highest BCUT2D eigenvalue weighted by atomic mass is 32.2. The van der Waals surface area contributed by atoms with E-state index in [9.17, 15) is 4.79 Å². The molecule has 0 unspecified atom stereocenters. The third kappa shape index (κ3) is 3.56. The van der Waals surface area contributed by atoms with E-state index in [1.807, 2.05) is 49.6 Å². The number of para-hydroxylation sites is 2. The number of carbonyl (C=O) groups is 1. The molecule has 2 aromatic carbocycles. The van der Waals surface area contributed by atoms with Crippen molar-refractivity contribution >= 4 is 29.3 Å². The number of methoxy groups -OCH3 is 1. The van der Waals surface area contributed by atoms with Gasteiger partial charge in [0.2, 0.25) is 5.95 Å². The summed E-state index contributed by atoms with van der Waals surface area (Å²) < 4.78 is 6.98. The molecule has 1 amide bonds. The van der Waals surface area contributed by atoms with Crippen LogP contribution in [0, 0.1) is 0 Å². The number of ether oxygens (including phenoxy) is 1. The number of tetrazole rings is 1. The molecule has 1 aromatic heterocycles. The SMILES string of the molecule is COc1ccccc1NC(=O)C1=C(C)Nc2nnnn2[C@H]1c1ccc(SC)cc1. The number of anilines is 2. The lowest BCUT2D eigenvalue weighted by atomic mass is 9.95. The summed E-state index contributed by atoms with van der Waals surface area (Å²) in [4.78, 5) is 14.5. The molecule has 4 rings (SSSR count). The van der Waals surface area contributed by atoms with E-state index in [4.69, 9.17) is 4.74 Å². The fourth-order valence-corrected chi connectivity index (χ4v) is 3.75. The lowest BCUT2D eigenvalue weighted by Crippen LogP contribution is -2.31. The van der Waals surface area contributed by atoms with Gasteiger partial charge in [-0.2, -0.15) is 4.68 Å². The van der Waals surface area contributed by atoms with Crippen LogP contribution in [0.1, 0.15) is 18.5 Å². The maximum atomic E-state index is 13.3. The Labute approximate surface area is 172 Å². The minimum absolute atomic E-state index is 0.250. The Morgan fingerprint density at radius 2 is 1.97 bits per heavy atom. The first-order valence-corrected chi connectivity index (χ1v) is 10.2. The summed E-state index contributed by atoms with van der Waals surface area (Å²) in [6.07, 6.45) is 2.02. The maximum Gasteiger partial charge on any atom is 0.255 e. The van der Waals surface area contributed by atoms with Crippen molar-refractivity contribution in [1.29, 1.82) is 0 Å². The van der Waals surface area contributed by atoms with E-state index >= 15 is 0 Å². The van der Waals surface area contributed by atoms with E-state index in [1.54, 1.807) is 35.7 Å². The standard InChI is InChI=1S/C20H20N6O2S/c1-12-17(19(27)22-15-6-4-5-7-16(15)28-2)18(26-20(21-12)23-24-25-26)13-8-10-14(29-3)11-9-13/h4-11,18H,1-3H3,(H,22,27)(H,21,23,25)/t18-/m0/s1. The molecule has 0 saturated carbocycles. The summed E-state index contributed by atoms with van der Waals surface area (Å²) in [6.45, 7) is 1.85. The number of nitrogens with one attached hydrogen (secondary N) is 2. The normalized spacial score (nSPS) is 15.5. The van der Waals surface area contributed by atoms with Crippen molar-refractivity contribution in [2.24, 2.45) is 0 Å². The van der Waals surface area contributed by atoms with Crippen LogP contribution in [-0.2, 0) is 4.79 Å². The van der Waals surface area contributed by atoms with Crippen LogP contribution in [0.3, 0.4) is 0 Å². The highest BCUT2D eigenvalue weighted by molar-refractivity contribution is 7.98. The number of rotatable bonds is 5. The fourth-order valence-electron chi connectivity index (χ4n) is 3.34. The van der Waals surface area contributed by atoms with E-state index in [0.717, 1.165) is 10.5 Å². The molecule has 3 aromatic rings. The molecule has 1 atom stereocenters. The van der Waals surface area contributed by atoms with Gasteiger partial charge in [0.15, 0.2) is 0 Å². The minimum Gasteiger partial charge on any atom is -0.495 e. The molecule has 148 valence electrons. The molecule has 0 aliphatic carbocycles. The lowest BCUT2D eigenvalue weighted by molar-refractivity contribution is -0.113. The second-order valence-corrected chi connectivity index (χ2v) is 7.32. The third-order valence-electron chi connectivity index (χ3n) is 4.75. The van der Waals surface area contributed by atoms with E-state index < -0.39 is 6.04 Å². The highest BCUT2D eigenvalue weighted by Crippen LogP contribution is 2.36. The summed E-state index contributed by atoms with van der Waals surface area (Å²) in [6, 6.07) is 14.9. The number of fused-ring (bicyclic) bond motifs is 1. The van der Waals surface area contributed by atoms with Crippen molar-refractivity contribution in [2.75, 3.05) is 24.0 Å². The number of allylic oxidation sites excluding steroid dienone is 1. The average molecular weight is 408 g/mol. The Bertz CT molecular complexity index is 1080. The van der Waals surface area contributed by atoms with E-state index in [1.165, 1.54) is 0 Å². The molecular weight excluding hydrogens is 388 g/mol. The van der Waals surface area contributed by atoms with Gasteiger partial charge in [0.1, 0.15) is 11.8 Å². The Kier molecular flexibility index (Phi) is 5.22. The summed E-state index contributed by atoms with van der Waals surface area (Å²) in [5.74, 6) is 0.835. The van der Waals surface area contributed by atoms with Crippen molar-refractivity contribution in [2.45, 2.75) is 17.9 Å². The van der Waals surface area contributed by atoms with Crippen LogP contribution in [0.2, 0.25) is 0 Å². The van der Waals surface area contributed by atoms with E-state index in [2.05, 4.69) is 26.2 Å². The lowest BCUT2D eigenvalue weighted by Gasteiger charge is -2.28. The van der Waals surface area contributed by atoms with Gasteiger partial charge in [-0.05, 0) is 53.4 Å². The van der Waals surface area contributed by atoms with Gasteiger partial charge in [0, 0.05) is 10.6 Å². The first-order valence-electron chi connectivity index (χ1n) is 8.96. The minimum atomic E-state index is -0.452. The van der Waals surface area contributed by atoms with Crippen LogP contribution in [0.25, 0.3) is 0 Å². The van der Waals surface area contributed by atoms with Crippen molar-refractivity contribution < 1.29 is 9.53 Å². The monoisotopic (exact) mass is 408 g/mol. The van der Waals surface area contributed by atoms with Gasteiger partial charge in [-0.15, -0.1) is 11.8 Å². The smallest absolute Gasteiger partial charge is 0.255 e. The molecule has 0 fully saturated rings. The van der Waals surface area contributed by atoms with Gasteiger partial charge in [-0.3, -0.25) is 4.79 Å². The van der Waals surface area contributed by atoms with E-state index in [0.29, 0.717) is 28.7 Å². The first-order chi connectivity index (χ1) is 14.1. The Morgan fingerprint density at radius 3 is 2.69 bits per heavy atom. The fraction of sp³-hybridized carbons (Fsp3) is 0.200. The molecule has 1 aliphatic rings. The maximum absolute atomic E-state index is 13.3. The van der Waals surface area contributed by atoms with Gasteiger partial charge >= 0.3 is 0 Å². The zero-order valence-corrected chi connectivity index (χ0v) is 17.0. The van der Waals surface area contributed by atoms with Gasteiger partial charge in [-0.25, -0.2) is 0 Å². The van der Waals surface area contributed by atoms with Gasteiger partial charge < -0.3 is 15.4 Å². The van der Waals surface area contributed by atoms with Gasteiger partial charge in [0.05, 0.1) is 18.4 Å². The van der Waals surface area contributed by atoms with Gasteiger partial charge in [0.25, 0.3) is 5.91 Å². The number of thioether (sulfide) groups is 1. The molecule has 1 aliphatic heterocycles. The summed E-state index contributed by atoms with van der Waals surface area (Å²) in [7, 11) is 1.57. The number of amides is 1. The highest BCUT2D eigenvalue weighted by Gasteiger charge is 2.34. The molecule has 8 nitrogen and oxygen atoms in total. The number of benzene rings is 2. The molecular formula is C20H20N6O2S. The second kappa shape index (κ2) is 7.96. The first kappa shape index (κ1) is 19.0. The van der Waals surface area contributed by atoms with Crippen molar-refractivity contribution in [3.63, 3.8) is 0 Å². The van der Waals surface area contributed by atoms with Gasteiger partial charge in [-0.1, -0.05) is 29.4 Å². The Balaban J connectivity index is 1.75. The summed E-state index contributed by atoms with van der Waals surface area (Å²) in [5, 5.41) is 18.0. The molecule has 9 heteroatoms. The topological polar surface area (TPSA) is 94.0 Å². The molecule has 0 radical (unpaired) electrons. The Hall–Kier alpha value is -3.33. The molecule has 0 spiro atoms. The number of hydrogen-bond donors (Lipinski definition) is 2. The number of aromatic nitrogens is 4. The van der Waals surface area contributed by atoms with Crippen LogP contribution < -0.4 is 15.4 Å². The van der Waals surface area contributed by atoms with Crippen molar-refractivity contribution in [3.8, 4) is 5.75 Å². The quantitative estimate of drug-likeness (QED) is 0.626. The molecule has 0 saturated heterocycles. The van der Waals surface area contributed by atoms with Crippen LogP contribution in [-0.4, -0.2) is 39.5 Å². The zero-order valence-electron chi connectivity index (χ0n) is 16.2. The number of nitrogens with zero attached hydrogens (tertiary/aromatic N) is 4. The van der Waals surface area contributed by atoms with Crippen LogP contribution >= 0.6 is 11.8 Å². The van der Waals surface area contributed by atoms with Crippen molar-refractivity contribution in [3.05, 3.63) is 65.4 Å². The van der Waals surface area contributed by atoms with E-state index in [-0.39, 0.29) is 5.91 Å². The van der Waals surface area contributed by atoms with Crippen molar-refractivity contribution in [1.82, 2.24) is 20.2 Å². The molecule has 0 bridgehead atoms. The predicted molar refractivity (Wildman–Crippen MR) is 112 cm³/mol. The predicted octanol–water partition coefficient (Wildman–Crippen LogP) is 3.33. The van der Waals surface area contributed by atoms with Crippen LogP contribution in [0.15, 0.2) is 64.7 Å². The average Bonchev–Trinajstić information content (AvgIpc) is 3.21. The molecule has 2 N–H and O–H groups in total. The van der Waals surface area contributed by atoms with Crippen LogP contribution in [0.5, 0.6) is 5.75 Å².